The van der Waals surface area contributed by atoms with Crippen LogP contribution >= 0.6 is 0 Å². The van der Waals surface area contributed by atoms with E-state index in [0.717, 1.165) is 18.4 Å². The fraction of sp³-hybridized carbons (Fsp3) is 0.278. The quantitative estimate of drug-likeness (QED) is 0.882. The number of amides is 1. The van der Waals surface area contributed by atoms with Gasteiger partial charge in [-0.2, -0.15) is 0 Å². The zero-order chi connectivity index (χ0) is 15.3. The van der Waals surface area contributed by atoms with Crippen LogP contribution in [0.25, 0.3) is 0 Å². The Morgan fingerprint density at radius 3 is 2.29 bits per heavy atom. The van der Waals surface area contributed by atoms with E-state index in [2.05, 4.69) is 5.32 Å². The van der Waals surface area contributed by atoms with Gasteiger partial charge in [-0.05, 0) is 56.5 Å². The van der Waals surface area contributed by atoms with Crippen molar-refractivity contribution in [2.24, 2.45) is 0 Å². The molecular weight excluding hydrogens is 262 g/mol. The number of aromatic hydroxyl groups is 1. The number of phenolic OH excluding ortho intramolecular Hbond substituents is 1. The van der Waals surface area contributed by atoms with Gasteiger partial charge in [0.1, 0.15) is 5.75 Å². The van der Waals surface area contributed by atoms with E-state index in [1.54, 1.807) is 12.1 Å². The Balaban J connectivity index is 1.92. The number of benzene rings is 2. The predicted molar refractivity (Wildman–Crippen MR) is 84.4 cm³/mol. The van der Waals surface area contributed by atoms with Crippen molar-refractivity contribution in [3.63, 3.8) is 0 Å². The van der Waals surface area contributed by atoms with Crippen LogP contribution in [0.4, 0.5) is 0 Å². The van der Waals surface area contributed by atoms with E-state index < -0.39 is 0 Å². The van der Waals surface area contributed by atoms with Gasteiger partial charge < -0.3 is 10.4 Å². The van der Waals surface area contributed by atoms with Crippen molar-refractivity contribution in [2.75, 3.05) is 0 Å². The van der Waals surface area contributed by atoms with E-state index >= 15 is 0 Å². The molecule has 0 aliphatic heterocycles. The summed E-state index contributed by atoms with van der Waals surface area (Å²) in [6.45, 7) is 4.04. The Morgan fingerprint density at radius 2 is 1.67 bits per heavy atom. The lowest BCUT2D eigenvalue weighted by atomic mass is 9.94. The van der Waals surface area contributed by atoms with E-state index in [0.29, 0.717) is 5.56 Å². The van der Waals surface area contributed by atoms with E-state index in [-0.39, 0.29) is 17.2 Å². The SMILES string of the molecule is CC(C)(CCc1ccc(O)cc1)NC(=O)c1ccccc1. The molecule has 0 saturated heterocycles. The number of rotatable bonds is 5. The molecule has 2 rings (SSSR count). The lowest BCUT2D eigenvalue weighted by Crippen LogP contribution is -2.43. The molecule has 0 atom stereocenters. The Kier molecular flexibility index (Phi) is 4.63. The highest BCUT2D eigenvalue weighted by molar-refractivity contribution is 5.94. The van der Waals surface area contributed by atoms with E-state index in [1.807, 2.05) is 56.3 Å². The maximum absolute atomic E-state index is 12.2. The number of hydrogen-bond acceptors (Lipinski definition) is 2. The highest BCUT2D eigenvalue weighted by Gasteiger charge is 2.20. The molecule has 2 N–H and O–H groups in total. The predicted octanol–water partition coefficient (Wildman–Crippen LogP) is 3.53. The third-order valence-corrected chi connectivity index (χ3v) is 3.46. The zero-order valence-corrected chi connectivity index (χ0v) is 12.5. The van der Waals surface area contributed by atoms with Crippen LogP contribution in [-0.2, 0) is 6.42 Å². The summed E-state index contributed by atoms with van der Waals surface area (Å²) in [5.41, 5.74) is 1.54. The summed E-state index contributed by atoms with van der Waals surface area (Å²) in [6.07, 6.45) is 1.68. The second-order valence-electron chi connectivity index (χ2n) is 5.87. The lowest BCUT2D eigenvalue weighted by Gasteiger charge is -2.26. The highest BCUT2D eigenvalue weighted by Crippen LogP contribution is 2.17. The minimum absolute atomic E-state index is 0.0497. The summed E-state index contributed by atoms with van der Waals surface area (Å²) in [6, 6.07) is 16.4. The number of nitrogens with one attached hydrogen (secondary N) is 1. The first kappa shape index (κ1) is 15.1. The fourth-order valence-electron chi connectivity index (χ4n) is 2.15. The van der Waals surface area contributed by atoms with Crippen molar-refractivity contribution in [1.29, 1.82) is 0 Å². The van der Waals surface area contributed by atoms with Crippen LogP contribution in [0.2, 0.25) is 0 Å². The molecule has 3 heteroatoms. The molecule has 3 nitrogen and oxygen atoms in total. The number of carbonyl (C=O) groups is 1. The maximum Gasteiger partial charge on any atom is 0.251 e. The Bertz CT molecular complexity index is 588. The second kappa shape index (κ2) is 6.44. The smallest absolute Gasteiger partial charge is 0.251 e. The largest absolute Gasteiger partial charge is 0.508 e. The van der Waals surface area contributed by atoms with Crippen LogP contribution < -0.4 is 5.32 Å². The summed E-state index contributed by atoms with van der Waals surface area (Å²) in [5.74, 6) is 0.224. The highest BCUT2D eigenvalue weighted by atomic mass is 16.3. The number of aryl methyl sites for hydroxylation is 1. The second-order valence-corrected chi connectivity index (χ2v) is 5.87. The monoisotopic (exact) mass is 283 g/mol. The van der Waals surface area contributed by atoms with Gasteiger partial charge >= 0.3 is 0 Å². The third kappa shape index (κ3) is 4.63. The normalized spacial score (nSPS) is 11.1. The summed E-state index contributed by atoms with van der Waals surface area (Å²) in [5, 5.41) is 12.3. The first-order valence-electron chi connectivity index (χ1n) is 7.12. The Morgan fingerprint density at radius 1 is 1.05 bits per heavy atom. The van der Waals surface area contributed by atoms with Crippen LogP contribution in [0.5, 0.6) is 5.75 Å². The molecule has 0 unspecified atom stereocenters. The molecule has 0 bridgehead atoms. The van der Waals surface area contributed by atoms with Crippen LogP contribution in [0.15, 0.2) is 54.6 Å². The molecule has 110 valence electrons. The topological polar surface area (TPSA) is 49.3 Å². The average molecular weight is 283 g/mol. The van der Waals surface area contributed by atoms with Gasteiger partial charge in [0.2, 0.25) is 0 Å². The molecule has 21 heavy (non-hydrogen) atoms. The molecule has 2 aromatic carbocycles. The van der Waals surface area contributed by atoms with Gasteiger partial charge in [-0.3, -0.25) is 4.79 Å². The molecule has 0 fully saturated rings. The lowest BCUT2D eigenvalue weighted by molar-refractivity contribution is 0.0909. The minimum atomic E-state index is -0.287. The van der Waals surface area contributed by atoms with Crippen LogP contribution in [0, 0.1) is 0 Å². The fourth-order valence-corrected chi connectivity index (χ4v) is 2.15. The molecule has 1 amide bonds. The molecule has 0 aromatic heterocycles. The molecule has 0 aliphatic carbocycles. The van der Waals surface area contributed by atoms with Gasteiger partial charge in [0.05, 0.1) is 0 Å². The van der Waals surface area contributed by atoms with Crippen molar-refractivity contribution in [3.05, 3.63) is 65.7 Å². The van der Waals surface area contributed by atoms with Crippen LogP contribution in [0.1, 0.15) is 36.2 Å². The van der Waals surface area contributed by atoms with Crippen molar-refractivity contribution < 1.29 is 9.90 Å². The molecule has 2 aromatic rings. The molecule has 0 saturated carbocycles. The Labute approximate surface area is 125 Å². The van der Waals surface area contributed by atoms with Gasteiger partial charge in [-0.25, -0.2) is 0 Å². The van der Waals surface area contributed by atoms with Gasteiger partial charge in [0, 0.05) is 11.1 Å². The average Bonchev–Trinajstić information content (AvgIpc) is 2.47. The van der Waals surface area contributed by atoms with Crippen molar-refractivity contribution in [3.8, 4) is 5.75 Å². The molecule has 0 radical (unpaired) electrons. The van der Waals surface area contributed by atoms with Crippen molar-refractivity contribution in [1.82, 2.24) is 5.32 Å². The van der Waals surface area contributed by atoms with Crippen molar-refractivity contribution in [2.45, 2.75) is 32.2 Å². The van der Waals surface area contributed by atoms with Gasteiger partial charge in [-0.15, -0.1) is 0 Å². The number of phenols is 1. The van der Waals surface area contributed by atoms with Gasteiger partial charge in [0.25, 0.3) is 5.91 Å². The number of carbonyl (C=O) groups excluding carboxylic acids is 1. The minimum Gasteiger partial charge on any atom is -0.508 e. The maximum atomic E-state index is 12.2. The standard InChI is InChI=1S/C18H21NO2/c1-18(2,13-12-14-8-10-16(20)11-9-14)19-17(21)15-6-4-3-5-7-15/h3-11,20H,12-13H2,1-2H3,(H,19,21). The molecule has 0 spiro atoms. The number of hydrogen-bond donors (Lipinski definition) is 2. The van der Waals surface area contributed by atoms with Crippen LogP contribution in [0.3, 0.4) is 0 Å². The molecule has 0 aliphatic rings. The van der Waals surface area contributed by atoms with Crippen LogP contribution in [-0.4, -0.2) is 16.6 Å². The van der Waals surface area contributed by atoms with Gasteiger partial charge in [0.15, 0.2) is 0 Å². The van der Waals surface area contributed by atoms with Gasteiger partial charge in [-0.1, -0.05) is 30.3 Å². The summed E-state index contributed by atoms with van der Waals surface area (Å²) < 4.78 is 0. The van der Waals surface area contributed by atoms with E-state index in [1.165, 1.54) is 0 Å². The molecule has 0 heterocycles. The van der Waals surface area contributed by atoms with Crippen molar-refractivity contribution >= 4 is 5.91 Å². The van der Waals surface area contributed by atoms with E-state index in [4.69, 9.17) is 0 Å². The molecular formula is C18H21NO2. The summed E-state index contributed by atoms with van der Waals surface area (Å²) in [7, 11) is 0. The zero-order valence-electron chi connectivity index (χ0n) is 12.5. The van der Waals surface area contributed by atoms with E-state index in [9.17, 15) is 9.90 Å². The summed E-state index contributed by atoms with van der Waals surface area (Å²) in [4.78, 5) is 12.2. The Hall–Kier alpha value is -2.29. The third-order valence-electron chi connectivity index (χ3n) is 3.46. The first-order chi connectivity index (χ1) is 9.96. The first-order valence-corrected chi connectivity index (χ1v) is 7.12. The summed E-state index contributed by atoms with van der Waals surface area (Å²) >= 11 is 0.